The van der Waals surface area contributed by atoms with Gasteiger partial charge in [-0.05, 0) is 12.8 Å². The minimum Gasteiger partial charge on any atom is -0.496 e. The molecular weight excluding hydrogens is 214 g/mol. The van der Waals surface area contributed by atoms with E-state index in [4.69, 9.17) is 16.3 Å². The summed E-state index contributed by atoms with van der Waals surface area (Å²) in [5, 5.41) is 0.308. The molecule has 0 aliphatic heterocycles. The van der Waals surface area contributed by atoms with Crippen molar-refractivity contribution in [2.24, 2.45) is 4.99 Å². The van der Waals surface area contributed by atoms with Crippen molar-refractivity contribution >= 4 is 35.3 Å². The number of nitrogens with zero attached hydrogens (tertiary/aromatic N) is 1. The van der Waals surface area contributed by atoms with Gasteiger partial charge in [0.25, 0.3) is 0 Å². The van der Waals surface area contributed by atoms with Gasteiger partial charge in [0, 0.05) is 16.7 Å². The van der Waals surface area contributed by atoms with E-state index in [1.54, 1.807) is 12.1 Å². The predicted molar refractivity (Wildman–Crippen MR) is 62.5 cm³/mol. The van der Waals surface area contributed by atoms with Gasteiger partial charge in [0.05, 0.1) is 18.4 Å². The van der Waals surface area contributed by atoms with E-state index in [9.17, 15) is 4.79 Å². The molecule has 0 amide bonds. The summed E-state index contributed by atoms with van der Waals surface area (Å²) < 4.78 is 5.02. The Hall–Kier alpha value is -1.61. The van der Waals surface area contributed by atoms with Crippen molar-refractivity contribution < 1.29 is 9.53 Å². The Morgan fingerprint density at radius 1 is 1.60 bits per heavy atom. The van der Waals surface area contributed by atoms with Crippen LogP contribution in [0.15, 0.2) is 23.7 Å². The van der Waals surface area contributed by atoms with Gasteiger partial charge >= 0.3 is 0 Å². The summed E-state index contributed by atoms with van der Waals surface area (Å²) >= 11 is 5.77. The molecular formula is C11H10ClNO2. The number of aliphatic imine (C=N–C) groups is 1. The van der Waals surface area contributed by atoms with Crippen molar-refractivity contribution in [1.29, 1.82) is 0 Å². The van der Waals surface area contributed by atoms with Crippen molar-refractivity contribution in [3.8, 4) is 5.75 Å². The molecule has 4 heteroatoms. The average Bonchev–Trinajstić information content (AvgIpc) is 2.26. The molecule has 15 heavy (non-hydrogen) atoms. The Balaban J connectivity index is 3.47. The van der Waals surface area contributed by atoms with Gasteiger partial charge in [0.1, 0.15) is 5.75 Å². The number of methoxy groups -OCH3 is 1. The lowest BCUT2D eigenvalue weighted by Crippen LogP contribution is -1.92. The predicted octanol–water partition coefficient (Wildman–Crippen LogP) is 3.05. The number of rotatable bonds is 4. The summed E-state index contributed by atoms with van der Waals surface area (Å²) in [4.78, 5) is 14.5. The van der Waals surface area contributed by atoms with Crippen LogP contribution in [-0.2, 0) is 0 Å². The second-order valence-corrected chi connectivity index (χ2v) is 3.25. The molecule has 0 saturated heterocycles. The molecule has 0 unspecified atom stereocenters. The molecule has 3 nitrogen and oxygen atoms in total. The van der Waals surface area contributed by atoms with Crippen LogP contribution in [0.2, 0.25) is 0 Å². The van der Waals surface area contributed by atoms with Gasteiger partial charge in [-0.3, -0.25) is 9.79 Å². The highest BCUT2D eigenvalue weighted by atomic mass is 35.5. The van der Waals surface area contributed by atoms with E-state index in [0.717, 1.165) is 0 Å². The van der Waals surface area contributed by atoms with E-state index >= 15 is 0 Å². The fraction of sp³-hybridized carbons (Fsp3) is 0.0909. The van der Waals surface area contributed by atoms with E-state index < -0.39 is 0 Å². The molecule has 0 aliphatic rings. The van der Waals surface area contributed by atoms with Crippen LogP contribution in [-0.4, -0.2) is 20.1 Å². The first-order valence-electron chi connectivity index (χ1n) is 4.12. The second kappa shape index (κ2) is 4.75. The monoisotopic (exact) mass is 223 g/mol. The van der Waals surface area contributed by atoms with Crippen LogP contribution >= 0.6 is 11.6 Å². The summed E-state index contributed by atoms with van der Waals surface area (Å²) in [5.74, 6) is 0.439. The fourth-order valence-corrected chi connectivity index (χ4v) is 1.35. The van der Waals surface area contributed by atoms with Gasteiger partial charge in [0.15, 0.2) is 6.29 Å². The molecule has 0 saturated carbocycles. The van der Waals surface area contributed by atoms with Gasteiger partial charge in [-0.25, -0.2) is 0 Å². The van der Waals surface area contributed by atoms with Crippen molar-refractivity contribution in [3.05, 3.63) is 29.8 Å². The van der Waals surface area contributed by atoms with E-state index in [1.807, 2.05) is 0 Å². The zero-order valence-electron chi connectivity index (χ0n) is 8.29. The number of carbonyl (C=O) groups excluding carboxylic acids is 1. The van der Waals surface area contributed by atoms with Crippen LogP contribution in [0.25, 0.3) is 5.03 Å². The van der Waals surface area contributed by atoms with Gasteiger partial charge in [0.2, 0.25) is 0 Å². The summed E-state index contributed by atoms with van der Waals surface area (Å²) in [6.45, 7) is 7.00. The SMILES string of the molecule is C=Nc1cc(OC)c(C=O)cc1C(=C)Cl. The third-order valence-electron chi connectivity index (χ3n) is 1.94. The lowest BCUT2D eigenvalue weighted by molar-refractivity contribution is 0.112. The minimum atomic E-state index is 0.308. The van der Waals surface area contributed by atoms with Gasteiger partial charge in [-0.1, -0.05) is 18.2 Å². The lowest BCUT2D eigenvalue weighted by atomic mass is 10.1. The lowest BCUT2D eigenvalue weighted by Gasteiger charge is -2.08. The zero-order valence-corrected chi connectivity index (χ0v) is 9.04. The van der Waals surface area contributed by atoms with Gasteiger partial charge < -0.3 is 4.74 Å². The summed E-state index contributed by atoms with van der Waals surface area (Å²) in [7, 11) is 1.48. The van der Waals surface area contributed by atoms with Crippen molar-refractivity contribution in [2.75, 3.05) is 7.11 Å². The molecule has 1 aromatic rings. The molecule has 0 bridgehead atoms. The third kappa shape index (κ3) is 2.25. The number of hydrogen-bond acceptors (Lipinski definition) is 3. The maximum Gasteiger partial charge on any atom is 0.153 e. The minimum absolute atomic E-state index is 0.308. The highest BCUT2D eigenvalue weighted by Gasteiger charge is 2.10. The largest absolute Gasteiger partial charge is 0.496 e. The molecule has 0 N–H and O–H groups in total. The van der Waals surface area contributed by atoms with Crippen LogP contribution in [0, 0.1) is 0 Å². The smallest absolute Gasteiger partial charge is 0.153 e. The van der Waals surface area contributed by atoms with Gasteiger partial charge in [-0.2, -0.15) is 0 Å². The molecule has 1 rings (SSSR count). The molecule has 1 aromatic carbocycles. The Morgan fingerprint density at radius 3 is 2.67 bits per heavy atom. The van der Waals surface area contributed by atoms with E-state index in [1.165, 1.54) is 7.11 Å². The topological polar surface area (TPSA) is 38.7 Å². The number of halogens is 1. The molecule has 0 aliphatic carbocycles. The van der Waals surface area contributed by atoms with E-state index in [-0.39, 0.29) is 0 Å². The average molecular weight is 224 g/mol. The molecule has 0 fully saturated rings. The van der Waals surface area contributed by atoms with E-state index in [0.29, 0.717) is 33.9 Å². The Kier molecular flexibility index (Phi) is 3.63. The van der Waals surface area contributed by atoms with Crippen molar-refractivity contribution in [2.45, 2.75) is 0 Å². The third-order valence-corrected chi connectivity index (χ3v) is 2.14. The number of benzene rings is 1. The number of carbonyl (C=O) groups is 1. The maximum atomic E-state index is 10.8. The van der Waals surface area contributed by atoms with Crippen molar-refractivity contribution in [1.82, 2.24) is 0 Å². The first-order valence-corrected chi connectivity index (χ1v) is 4.50. The highest BCUT2D eigenvalue weighted by Crippen LogP contribution is 2.33. The second-order valence-electron chi connectivity index (χ2n) is 2.79. The quantitative estimate of drug-likeness (QED) is 0.581. The molecule has 0 heterocycles. The normalized spacial score (nSPS) is 9.47. The number of aldehydes is 1. The van der Waals surface area contributed by atoms with Crippen LogP contribution < -0.4 is 4.74 Å². The van der Waals surface area contributed by atoms with E-state index in [2.05, 4.69) is 18.3 Å². The van der Waals surface area contributed by atoms with Crippen LogP contribution in [0.1, 0.15) is 15.9 Å². The summed E-state index contributed by atoms with van der Waals surface area (Å²) in [5.41, 5.74) is 1.52. The van der Waals surface area contributed by atoms with Crippen molar-refractivity contribution in [3.63, 3.8) is 0 Å². The Bertz CT molecular complexity index is 427. The highest BCUT2D eigenvalue weighted by molar-refractivity contribution is 6.48. The van der Waals surface area contributed by atoms with Crippen LogP contribution in [0.4, 0.5) is 5.69 Å². The molecule has 0 atom stereocenters. The van der Waals surface area contributed by atoms with Crippen LogP contribution in [0.5, 0.6) is 5.75 Å². The first-order chi connectivity index (χ1) is 7.13. The maximum absolute atomic E-state index is 10.8. The van der Waals surface area contributed by atoms with Crippen LogP contribution in [0.3, 0.4) is 0 Å². The standard InChI is InChI=1S/C11H10ClNO2/c1-7(12)9-4-8(6-14)11(15-3)5-10(9)13-2/h4-6H,1-2H2,3H3. The molecule has 78 valence electrons. The first kappa shape index (κ1) is 11.5. The molecule has 0 radical (unpaired) electrons. The fourth-order valence-electron chi connectivity index (χ4n) is 1.20. The molecule has 0 spiro atoms. The Labute approximate surface area is 93.0 Å². The number of hydrogen-bond donors (Lipinski definition) is 0. The molecule has 0 aromatic heterocycles. The van der Waals surface area contributed by atoms with Gasteiger partial charge in [-0.15, -0.1) is 0 Å². The zero-order chi connectivity index (χ0) is 11.4. The Morgan fingerprint density at radius 2 is 2.27 bits per heavy atom. The number of ether oxygens (including phenoxy) is 1. The summed E-state index contributed by atoms with van der Waals surface area (Å²) in [6.07, 6.45) is 0.690. The summed E-state index contributed by atoms with van der Waals surface area (Å²) in [6, 6.07) is 3.17.